The molecule has 1 rings (SSSR count). The van der Waals surface area contributed by atoms with E-state index in [1.807, 2.05) is 18.2 Å². The smallest absolute Gasteiger partial charge is 0.303 e. The molecule has 0 unspecified atom stereocenters. The molecule has 0 aliphatic carbocycles. The molecule has 0 radical (unpaired) electrons. The zero-order valence-electron chi connectivity index (χ0n) is 10.4. The molecule has 1 aromatic rings. The summed E-state index contributed by atoms with van der Waals surface area (Å²) in [5.74, 6) is -1.49. The fraction of sp³-hybridized carbons (Fsp3) is 0.385. The van der Waals surface area contributed by atoms with Gasteiger partial charge in [0.05, 0.1) is 6.04 Å². The summed E-state index contributed by atoms with van der Waals surface area (Å²) in [6, 6.07) is 6.81. The van der Waals surface area contributed by atoms with Gasteiger partial charge in [-0.2, -0.15) is 0 Å². The molecule has 0 aliphatic heterocycles. The normalized spacial score (nSPS) is 12.1. The minimum atomic E-state index is -0.945. The van der Waals surface area contributed by atoms with E-state index < -0.39 is 17.9 Å². The Morgan fingerprint density at radius 3 is 2.63 bits per heavy atom. The van der Waals surface area contributed by atoms with Crippen LogP contribution in [0.3, 0.4) is 0 Å². The molecule has 0 aromatic heterocycles. The van der Waals surface area contributed by atoms with Gasteiger partial charge in [-0.25, -0.2) is 0 Å². The van der Waals surface area contributed by atoms with E-state index in [9.17, 15) is 9.59 Å². The van der Waals surface area contributed by atoms with Crippen LogP contribution < -0.4 is 11.1 Å². The maximum atomic E-state index is 11.2. The predicted octanol–water partition coefficient (Wildman–Crippen LogP) is 1.19. The first-order valence-electron chi connectivity index (χ1n) is 5.98. The molecule has 0 saturated carbocycles. The molecule has 6 heteroatoms. The van der Waals surface area contributed by atoms with E-state index in [2.05, 4.69) is 5.32 Å². The number of benzene rings is 1. The topological polar surface area (TPSA) is 92.4 Å². The second-order valence-corrected chi connectivity index (χ2v) is 4.59. The number of carboxylic acid groups (broad SMARTS) is 1. The van der Waals surface area contributed by atoms with Gasteiger partial charge in [-0.15, -0.1) is 0 Å². The number of carboxylic acids is 1. The van der Waals surface area contributed by atoms with Gasteiger partial charge in [0, 0.05) is 11.4 Å². The highest BCUT2D eigenvalue weighted by molar-refractivity contribution is 6.31. The van der Waals surface area contributed by atoms with Crippen molar-refractivity contribution < 1.29 is 14.7 Å². The van der Waals surface area contributed by atoms with Crippen LogP contribution in [-0.2, 0) is 16.0 Å². The summed E-state index contributed by atoms with van der Waals surface area (Å²) in [5.41, 5.74) is 6.18. The molecule has 0 fully saturated rings. The molecule has 0 spiro atoms. The number of hydrogen-bond donors (Lipinski definition) is 3. The quantitative estimate of drug-likeness (QED) is 0.668. The standard InChI is InChI=1S/C13H17ClN2O3/c14-10-4-2-1-3-9(10)7-8-16-11(13(15)19)5-6-12(17)18/h1-4,11,16H,5-8H2,(H2,15,19)(H,17,18)/t11-/m0/s1. The third kappa shape index (κ3) is 5.72. The first-order valence-corrected chi connectivity index (χ1v) is 6.36. The molecular weight excluding hydrogens is 268 g/mol. The van der Waals surface area contributed by atoms with E-state index in [1.165, 1.54) is 0 Å². The van der Waals surface area contributed by atoms with Crippen molar-refractivity contribution in [3.05, 3.63) is 34.9 Å². The number of nitrogens with one attached hydrogen (secondary N) is 1. The average Bonchev–Trinajstić information content (AvgIpc) is 2.34. The molecular formula is C13H17ClN2O3. The molecule has 0 aliphatic rings. The third-order valence-electron chi connectivity index (χ3n) is 2.73. The Morgan fingerprint density at radius 2 is 2.05 bits per heavy atom. The Balaban J connectivity index is 2.42. The lowest BCUT2D eigenvalue weighted by Crippen LogP contribution is -2.42. The summed E-state index contributed by atoms with van der Waals surface area (Å²) in [4.78, 5) is 21.6. The van der Waals surface area contributed by atoms with Crippen molar-refractivity contribution >= 4 is 23.5 Å². The van der Waals surface area contributed by atoms with Crippen LogP contribution in [0.15, 0.2) is 24.3 Å². The largest absolute Gasteiger partial charge is 0.481 e. The van der Waals surface area contributed by atoms with Crippen molar-refractivity contribution in [1.82, 2.24) is 5.32 Å². The summed E-state index contributed by atoms with van der Waals surface area (Å²) >= 11 is 6.01. The molecule has 0 bridgehead atoms. The Morgan fingerprint density at radius 1 is 1.37 bits per heavy atom. The lowest BCUT2D eigenvalue weighted by Gasteiger charge is -2.14. The number of primary amides is 1. The summed E-state index contributed by atoms with van der Waals surface area (Å²) in [6.45, 7) is 0.511. The molecule has 0 heterocycles. The second kappa shape index (κ2) is 7.76. The van der Waals surface area contributed by atoms with Crippen LogP contribution in [-0.4, -0.2) is 29.6 Å². The maximum Gasteiger partial charge on any atom is 0.303 e. The first kappa shape index (κ1) is 15.5. The Kier molecular flexibility index (Phi) is 6.32. The van der Waals surface area contributed by atoms with E-state index in [0.717, 1.165) is 5.56 Å². The summed E-state index contributed by atoms with van der Waals surface area (Å²) in [7, 11) is 0. The third-order valence-corrected chi connectivity index (χ3v) is 3.10. The van der Waals surface area contributed by atoms with Gasteiger partial charge in [0.1, 0.15) is 0 Å². The summed E-state index contributed by atoms with van der Waals surface area (Å²) in [6.07, 6.45) is 0.746. The Labute approximate surface area is 116 Å². The van der Waals surface area contributed by atoms with Crippen LogP contribution in [0.4, 0.5) is 0 Å². The van der Waals surface area contributed by atoms with Gasteiger partial charge in [0.2, 0.25) is 5.91 Å². The number of carbonyl (C=O) groups is 2. The average molecular weight is 285 g/mol. The molecule has 104 valence electrons. The first-order chi connectivity index (χ1) is 9.00. The van der Waals surface area contributed by atoms with E-state index in [-0.39, 0.29) is 12.8 Å². The monoisotopic (exact) mass is 284 g/mol. The molecule has 4 N–H and O–H groups in total. The molecule has 19 heavy (non-hydrogen) atoms. The van der Waals surface area contributed by atoms with Crippen molar-refractivity contribution in [3.8, 4) is 0 Å². The highest BCUT2D eigenvalue weighted by Gasteiger charge is 2.15. The van der Waals surface area contributed by atoms with Crippen molar-refractivity contribution in [2.75, 3.05) is 6.54 Å². The molecule has 1 atom stereocenters. The molecule has 1 amide bonds. The van der Waals surface area contributed by atoms with E-state index >= 15 is 0 Å². The van der Waals surface area contributed by atoms with Crippen LogP contribution in [0, 0.1) is 0 Å². The van der Waals surface area contributed by atoms with Crippen LogP contribution in [0.25, 0.3) is 0 Å². The predicted molar refractivity (Wildman–Crippen MR) is 73.0 cm³/mol. The summed E-state index contributed by atoms with van der Waals surface area (Å²) < 4.78 is 0. The molecule has 5 nitrogen and oxygen atoms in total. The zero-order chi connectivity index (χ0) is 14.3. The van der Waals surface area contributed by atoms with Crippen LogP contribution in [0.2, 0.25) is 5.02 Å². The van der Waals surface area contributed by atoms with Gasteiger partial charge in [-0.1, -0.05) is 29.8 Å². The van der Waals surface area contributed by atoms with Gasteiger partial charge < -0.3 is 16.2 Å². The van der Waals surface area contributed by atoms with Crippen LogP contribution >= 0.6 is 11.6 Å². The van der Waals surface area contributed by atoms with Crippen molar-refractivity contribution in [1.29, 1.82) is 0 Å². The minimum absolute atomic E-state index is 0.0906. The lowest BCUT2D eigenvalue weighted by molar-refractivity contribution is -0.137. The van der Waals surface area contributed by atoms with Crippen LogP contribution in [0.1, 0.15) is 18.4 Å². The van der Waals surface area contributed by atoms with Crippen molar-refractivity contribution in [3.63, 3.8) is 0 Å². The van der Waals surface area contributed by atoms with E-state index in [4.69, 9.17) is 22.4 Å². The van der Waals surface area contributed by atoms with Crippen LogP contribution in [0.5, 0.6) is 0 Å². The van der Waals surface area contributed by atoms with Gasteiger partial charge in [-0.3, -0.25) is 9.59 Å². The number of rotatable bonds is 8. The number of amides is 1. The Bertz CT molecular complexity index is 451. The van der Waals surface area contributed by atoms with Gasteiger partial charge in [0.25, 0.3) is 0 Å². The lowest BCUT2D eigenvalue weighted by atomic mass is 10.1. The number of nitrogens with two attached hydrogens (primary N) is 1. The number of halogens is 1. The summed E-state index contributed by atoms with van der Waals surface area (Å²) in [5, 5.41) is 12.2. The highest BCUT2D eigenvalue weighted by atomic mass is 35.5. The van der Waals surface area contributed by atoms with E-state index in [1.54, 1.807) is 6.07 Å². The highest BCUT2D eigenvalue weighted by Crippen LogP contribution is 2.14. The van der Waals surface area contributed by atoms with Crippen molar-refractivity contribution in [2.45, 2.75) is 25.3 Å². The van der Waals surface area contributed by atoms with Gasteiger partial charge in [-0.05, 0) is 31.0 Å². The van der Waals surface area contributed by atoms with E-state index in [0.29, 0.717) is 18.0 Å². The fourth-order valence-corrected chi connectivity index (χ4v) is 1.93. The second-order valence-electron chi connectivity index (χ2n) is 4.18. The SMILES string of the molecule is NC(=O)[C@H](CCC(=O)O)NCCc1ccccc1Cl. The van der Waals surface area contributed by atoms with Gasteiger partial charge >= 0.3 is 5.97 Å². The van der Waals surface area contributed by atoms with Crippen molar-refractivity contribution in [2.24, 2.45) is 5.73 Å². The molecule has 0 saturated heterocycles. The van der Waals surface area contributed by atoms with Gasteiger partial charge in [0.15, 0.2) is 0 Å². The minimum Gasteiger partial charge on any atom is -0.481 e. The number of carbonyl (C=O) groups excluding carboxylic acids is 1. The zero-order valence-corrected chi connectivity index (χ0v) is 11.2. The maximum absolute atomic E-state index is 11.2. The Hall–Kier alpha value is -1.59. The number of aliphatic carboxylic acids is 1. The fourth-order valence-electron chi connectivity index (χ4n) is 1.69. The number of hydrogen-bond acceptors (Lipinski definition) is 3. The molecule has 1 aromatic carbocycles.